The second-order valence-electron chi connectivity index (χ2n) is 6.94. The number of halogens is 1. The molecule has 0 aromatic heterocycles. The van der Waals surface area contributed by atoms with Crippen LogP contribution in [0.2, 0.25) is 0 Å². The first kappa shape index (κ1) is 20.1. The van der Waals surface area contributed by atoms with Crippen molar-refractivity contribution in [3.63, 3.8) is 0 Å². The van der Waals surface area contributed by atoms with Crippen LogP contribution in [0.5, 0.6) is 5.75 Å². The van der Waals surface area contributed by atoms with Crippen molar-refractivity contribution < 1.29 is 13.9 Å². The molecule has 2 aromatic rings. The molecule has 3 rings (SSSR count). The van der Waals surface area contributed by atoms with Gasteiger partial charge in [0.25, 0.3) is 0 Å². The van der Waals surface area contributed by atoms with Crippen molar-refractivity contribution in [2.45, 2.75) is 12.8 Å². The number of nitrogens with one attached hydrogen (secondary N) is 1. The van der Waals surface area contributed by atoms with Gasteiger partial charge in [-0.05, 0) is 30.2 Å². The number of hydrogen-bond donors (Lipinski definition) is 1. The number of piperazine rings is 1. The Kier molecular flexibility index (Phi) is 7.25. The first-order chi connectivity index (χ1) is 13.7. The van der Waals surface area contributed by atoms with E-state index in [1.807, 2.05) is 24.3 Å². The van der Waals surface area contributed by atoms with Crippen LogP contribution < -0.4 is 15.0 Å². The van der Waals surface area contributed by atoms with Crippen molar-refractivity contribution in [2.75, 3.05) is 51.3 Å². The predicted molar refractivity (Wildman–Crippen MR) is 109 cm³/mol. The molecule has 2 aromatic carbocycles. The highest BCUT2D eigenvalue weighted by molar-refractivity contribution is 5.76. The molecule has 1 aliphatic rings. The number of para-hydroxylation sites is 2. The molecule has 0 unspecified atom stereocenters. The molecule has 6 heteroatoms. The zero-order valence-corrected chi connectivity index (χ0v) is 16.4. The van der Waals surface area contributed by atoms with Gasteiger partial charge in [0.05, 0.1) is 12.8 Å². The number of ether oxygens (including phenoxy) is 1. The van der Waals surface area contributed by atoms with Gasteiger partial charge in [0, 0.05) is 45.7 Å². The average Bonchev–Trinajstić information content (AvgIpc) is 2.74. The number of nitrogens with zero attached hydrogens (tertiary/aromatic N) is 2. The van der Waals surface area contributed by atoms with E-state index < -0.39 is 0 Å². The summed E-state index contributed by atoms with van der Waals surface area (Å²) >= 11 is 0. The van der Waals surface area contributed by atoms with Gasteiger partial charge in [0.1, 0.15) is 11.6 Å². The first-order valence-corrected chi connectivity index (χ1v) is 9.78. The highest BCUT2D eigenvalue weighted by Gasteiger charge is 2.19. The van der Waals surface area contributed by atoms with Crippen molar-refractivity contribution in [1.82, 2.24) is 10.2 Å². The zero-order chi connectivity index (χ0) is 19.8. The van der Waals surface area contributed by atoms with E-state index >= 15 is 0 Å². The van der Waals surface area contributed by atoms with Crippen molar-refractivity contribution >= 4 is 11.6 Å². The van der Waals surface area contributed by atoms with Gasteiger partial charge in [-0.25, -0.2) is 4.39 Å². The molecule has 150 valence electrons. The van der Waals surface area contributed by atoms with E-state index in [1.165, 1.54) is 6.07 Å². The van der Waals surface area contributed by atoms with Crippen molar-refractivity contribution in [2.24, 2.45) is 0 Å². The summed E-state index contributed by atoms with van der Waals surface area (Å²) in [5.41, 5.74) is 1.76. The van der Waals surface area contributed by atoms with Crippen LogP contribution in [-0.2, 0) is 11.2 Å². The Balaban J connectivity index is 1.36. The Morgan fingerprint density at radius 1 is 1.07 bits per heavy atom. The number of hydrogen-bond acceptors (Lipinski definition) is 4. The Morgan fingerprint density at radius 2 is 1.79 bits per heavy atom. The lowest BCUT2D eigenvalue weighted by molar-refractivity contribution is -0.121. The fraction of sp³-hybridized carbons (Fsp3) is 0.409. The largest absolute Gasteiger partial charge is 0.495 e. The molecule has 0 atom stereocenters. The van der Waals surface area contributed by atoms with Crippen LogP contribution in [0.25, 0.3) is 0 Å². The van der Waals surface area contributed by atoms with Crippen molar-refractivity contribution in [3.8, 4) is 5.75 Å². The van der Waals surface area contributed by atoms with E-state index in [9.17, 15) is 9.18 Å². The molecule has 0 aliphatic carbocycles. The fourth-order valence-electron chi connectivity index (χ4n) is 3.49. The number of carbonyl (C=O) groups excluding carboxylic acids is 1. The summed E-state index contributed by atoms with van der Waals surface area (Å²) in [7, 11) is 1.69. The zero-order valence-electron chi connectivity index (χ0n) is 16.4. The van der Waals surface area contributed by atoms with E-state index in [0.717, 1.165) is 44.2 Å². The van der Waals surface area contributed by atoms with Crippen LogP contribution in [-0.4, -0.2) is 57.2 Å². The standard InChI is InChI=1S/C22H28FN3O2/c1-28-21-9-5-4-8-20(21)26-16-14-25(15-17-26)13-11-22(27)24-12-10-18-6-2-3-7-19(18)23/h2-9H,10-17H2,1H3,(H,24,27). The molecule has 0 saturated carbocycles. The normalized spacial score (nSPS) is 14.7. The molecule has 1 amide bonds. The molecule has 1 saturated heterocycles. The molecule has 1 fully saturated rings. The van der Waals surface area contributed by atoms with Crippen LogP contribution >= 0.6 is 0 Å². The Bertz CT molecular complexity index is 776. The van der Waals surface area contributed by atoms with E-state index in [1.54, 1.807) is 19.2 Å². The molecule has 5 nitrogen and oxygen atoms in total. The van der Waals surface area contributed by atoms with Gasteiger partial charge < -0.3 is 15.0 Å². The number of methoxy groups -OCH3 is 1. The minimum Gasteiger partial charge on any atom is -0.495 e. The Labute approximate surface area is 166 Å². The van der Waals surface area contributed by atoms with Crippen LogP contribution in [0, 0.1) is 5.82 Å². The maximum absolute atomic E-state index is 13.6. The fourth-order valence-corrected chi connectivity index (χ4v) is 3.49. The third-order valence-electron chi connectivity index (χ3n) is 5.13. The van der Waals surface area contributed by atoms with Crippen LogP contribution in [0.15, 0.2) is 48.5 Å². The third kappa shape index (κ3) is 5.45. The summed E-state index contributed by atoms with van der Waals surface area (Å²) in [6, 6.07) is 14.7. The van der Waals surface area contributed by atoms with E-state index in [0.29, 0.717) is 24.9 Å². The molecule has 0 bridgehead atoms. The van der Waals surface area contributed by atoms with Crippen molar-refractivity contribution in [3.05, 3.63) is 59.9 Å². The third-order valence-corrected chi connectivity index (χ3v) is 5.13. The quantitative estimate of drug-likeness (QED) is 0.759. The predicted octanol–water partition coefficient (Wildman–Crippen LogP) is 2.71. The van der Waals surface area contributed by atoms with Crippen LogP contribution in [0.1, 0.15) is 12.0 Å². The van der Waals surface area contributed by atoms with Crippen molar-refractivity contribution in [1.29, 1.82) is 0 Å². The molecule has 28 heavy (non-hydrogen) atoms. The van der Waals surface area contributed by atoms with Crippen LogP contribution in [0.4, 0.5) is 10.1 Å². The highest BCUT2D eigenvalue weighted by Crippen LogP contribution is 2.28. The lowest BCUT2D eigenvalue weighted by Gasteiger charge is -2.36. The van der Waals surface area contributed by atoms with Gasteiger partial charge >= 0.3 is 0 Å². The highest BCUT2D eigenvalue weighted by atomic mass is 19.1. The van der Waals surface area contributed by atoms with Gasteiger partial charge in [-0.15, -0.1) is 0 Å². The van der Waals surface area contributed by atoms with E-state index in [-0.39, 0.29) is 11.7 Å². The lowest BCUT2D eigenvalue weighted by atomic mass is 10.1. The van der Waals surface area contributed by atoms with Crippen LogP contribution in [0.3, 0.4) is 0 Å². The maximum atomic E-state index is 13.6. The second-order valence-corrected chi connectivity index (χ2v) is 6.94. The smallest absolute Gasteiger partial charge is 0.221 e. The Morgan fingerprint density at radius 3 is 2.54 bits per heavy atom. The number of amides is 1. The maximum Gasteiger partial charge on any atom is 0.221 e. The Hall–Kier alpha value is -2.60. The van der Waals surface area contributed by atoms with E-state index in [2.05, 4.69) is 21.2 Å². The summed E-state index contributed by atoms with van der Waals surface area (Å²) in [5, 5.41) is 2.89. The van der Waals surface area contributed by atoms with Gasteiger partial charge in [0.15, 0.2) is 0 Å². The summed E-state index contributed by atoms with van der Waals surface area (Å²) < 4.78 is 19.0. The summed E-state index contributed by atoms with van der Waals surface area (Å²) in [6.07, 6.45) is 0.974. The van der Waals surface area contributed by atoms with Gasteiger partial charge in [0.2, 0.25) is 5.91 Å². The first-order valence-electron chi connectivity index (χ1n) is 9.78. The van der Waals surface area contributed by atoms with E-state index in [4.69, 9.17) is 4.74 Å². The molecule has 1 aliphatic heterocycles. The van der Waals surface area contributed by atoms with Gasteiger partial charge in [-0.1, -0.05) is 30.3 Å². The number of carbonyl (C=O) groups is 1. The summed E-state index contributed by atoms with van der Waals surface area (Å²) in [5.74, 6) is 0.693. The molecular weight excluding hydrogens is 357 g/mol. The molecule has 0 radical (unpaired) electrons. The minimum absolute atomic E-state index is 0.0171. The monoisotopic (exact) mass is 385 g/mol. The number of anilines is 1. The SMILES string of the molecule is COc1ccccc1N1CCN(CCC(=O)NCCc2ccccc2F)CC1. The molecule has 0 spiro atoms. The van der Waals surface area contributed by atoms with Gasteiger partial charge in [-0.2, -0.15) is 0 Å². The average molecular weight is 385 g/mol. The summed E-state index contributed by atoms with van der Waals surface area (Å²) in [6.45, 7) is 4.86. The minimum atomic E-state index is -0.218. The topological polar surface area (TPSA) is 44.8 Å². The molecular formula is C22H28FN3O2. The molecule has 1 heterocycles. The molecule has 1 N–H and O–H groups in total. The number of benzene rings is 2. The number of rotatable bonds is 8. The second kappa shape index (κ2) is 10.1. The summed E-state index contributed by atoms with van der Waals surface area (Å²) in [4.78, 5) is 16.7. The van der Waals surface area contributed by atoms with Gasteiger partial charge in [-0.3, -0.25) is 9.69 Å². The lowest BCUT2D eigenvalue weighted by Crippen LogP contribution is -2.47.